The van der Waals surface area contributed by atoms with Crippen LogP contribution in [-0.2, 0) is 4.79 Å². The van der Waals surface area contributed by atoms with Crippen molar-refractivity contribution in [2.24, 2.45) is 0 Å². The number of nitrogens with one attached hydrogen (secondary N) is 2. The van der Waals surface area contributed by atoms with Crippen molar-refractivity contribution in [3.8, 4) is 22.0 Å². The molecule has 248 valence electrons. The van der Waals surface area contributed by atoms with Gasteiger partial charge in [-0.3, -0.25) is 9.59 Å². The zero-order valence-electron chi connectivity index (χ0n) is 26.8. The van der Waals surface area contributed by atoms with E-state index in [9.17, 15) is 19.5 Å². The first-order valence-electron chi connectivity index (χ1n) is 16.5. The Kier molecular flexibility index (Phi) is 8.84. The molecule has 7 rings (SSSR count). The number of likely N-dealkylation sites (tertiary alicyclic amines) is 1. The number of amides is 2. The number of carboxylic acid groups (broad SMARTS) is 1. The van der Waals surface area contributed by atoms with Crippen molar-refractivity contribution in [3.05, 3.63) is 77.7 Å². The van der Waals surface area contributed by atoms with Gasteiger partial charge >= 0.3 is 5.97 Å². The van der Waals surface area contributed by atoms with E-state index >= 15 is 0 Å². The van der Waals surface area contributed by atoms with Gasteiger partial charge in [0.2, 0.25) is 5.91 Å². The minimum atomic E-state index is -1.11. The first-order valence-corrected chi connectivity index (χ1v) is 17.4. The van der Waals surface area contributed by atoms with E-state index in [0.29, 0.717) is 48.2 Å². The fourth-order valence-electron chi connectivity index (χ4n) is 6.94. The van der Waals surface area contributed by atoms with Crippen LogP contribution in [0, 0.1) is 0 Å². The Bertz CT molecular complexity index is 1930. The number of piperidine rings is 1. The fraction of sp³-hybridized carbons (Fsp3) is 0.361. The molecule has 2 aliphatic rings. The number of carboxylic acids is 1. The lowest BCUT2D eigenvalue weighted by Gasteiger charge is -2.40. The third-order valence-corrected chi connectivity index (χ3v) is 10.6. The van der Waals surface area contributed by atoms with Gasteiger partial charge in [0.1, 0.15) is 22.6 Å². The lowest BCUT2D eigenvalue weighted by Crippen LogP contribution is -2.61. The lowest BCUT2D eigenvalue weighted by atomic mass is 9.85. The predicted octanol–water partition coefficient (Wildman–Crippen LogP) is 6.85. The van der Waals surface area contributed by atoms with Gasteiger partial charge in [0.15, 0.2) is 5.69 Å². The third kappa shape index (κ3) is 6.25. The van der Waals surface area contributed by atoms with Crippen molar-refractivity contribution < 1.29 is 23.9 Å². The van der Waals surface area contributed by atoms with Gasteiger partial charge in [0.05, 0.1) is 22.9 Å². The Labute approximate surface area is 282 Å². The van der Waals surface area contributed by atoms with E-state index in [1.165, 1.54) is 36.0 Å². The number of hydrogen-bond acceptors (Lipinski definition) is 8. The van der Waals surface area contributed by atoms with Crippen LogP contribution in [0.5, 0.6) is 0 Å². The molecule has 1 aliphatic heterocycles. The minimum absolute atomic E-state index is 0.00129. The number of benzene rings is 2. The number of furan rings is 1. The van der Waals surface area contributed by atoms with E-state index < -0.39 is 11.5 Å². The Morgan fingerprint density at radius 3 is 2.44 bits per heavy atom. The number of anilines is 1. The number of carbonyl (C=O) groups is 3. The highest BCUT2D eigenvalue weighted by molar-refractivity contribution is 7.13. The second-order valence-corrected chi connectivity index (χ2v) is 13.5. The molecule has 0 radical (unpaired) electrons. The number of rotatable bonds is 9. The summed E-state index contributed by atoms with van der Waals surface area (Å²) in [7, 11) is 0. The average molecular weight is 667 g/mol. The largest absolute Gasteiger partial charge is 0.476 e. The van der Waals surface area contributed by atoms with Gasteiger partial charge in [-0.15, -0.1) is 11.3 Å². The quantitative estimate of drug-likeness (QED) is 0.155. The normalized spacial score (nSPS) is 16.9. The van der Waals surface area contributed by atoms with Crippen LogP contribution < -0.4 is 10.6 Å². The number of fused-ring (bicyclic) bond motifs is 1. The standard InChI is InChI=1S/C36H38N6O5S/c1-2-41-17-15-36(16-18-41,35(46)37-26-11-8-23(9-12-26)33-39-29(22-48-33)34(44)45)40-32(43)24-10-13-30-28(20-24)38-31(25-14-19-47-21-25)42(30)27-6-4-3-5-7-27/h8-14,19-22,27H,2-7,15-18H2,1H3,(H,37,46)(H,40,43)(H,44,45). The number of nitrogens with zero attached hydrogens (tertiary/aromatic N) is 4. The maximum atomic E-state index is 14.0. The molecule has 1 saturated carbocycles. The summed E-state index contributed by atoms with van der Waals surface area (Å²) in [5.74, 6) is -0.820. The van der Waals surface area contributed by atoms with E-state index in [1.807, 2.05) is 24.3 Å². The van der Waals surface area contributed by atoms with Crippen LogP contribution in [0.2, 0.25) is 0 Å². The molecule has 0 spiro atoms. The SMILES string of the molecule is CCN1CCC(NC(=O)c2ccc3c(c2)nc(-c2ccoc2)n3C2CCCCC2)(C(=O)Nc2ccc(-c3nc(C(=O)O)cs3)cc2)CC1. The Morgan fingerprint density at radius 2 is 1.77 bits per heavy atom. The summed E-state index contributed by atoms with van der Waals surface area (Å²) in [6.07, 6.45) is 10.1. The van der Waals surface area contributed by atoms with Crippen molar-refractivity contribution in [2.45, 2.75) is 63.5 Å². The molecule has 12 heteroatoms. The zero-order valence-corrected chi connectivity index (χ0v) is 27.6. The molecule has 11 nitrogen and oxygen atoms in total. The summed E-state index contributed by atoms with van der Waals surface area (Å²) < 4.78 is 7.71. The molecule has 3 aromatic heterocycles. The molecule has 0 bridgehead atoms. The third-order valence-electron chi connectivity index (χ3n) is 9.73. The molecule has 0 atom stereocenters. The van der Waals surface area contributed by atoms with Gasteiger partial charge in [-0.1, -0.05) is 26.2 Å². The van der Waals surface area contributed by atoms with E-state index in [-0.39, 0.29) is 17.5 Å². The van der Waals surface area contributed by atoms with Gasteiger partial charge in [0, 0.05) is 41.3 Å². The second kappa shape index (κ2) is 13.4. The highest BCUT2D eigenvalue weighted by Crippen LogP contribution is 2.36. The summed E-state index contributed by atoms with van der Waals surface area (Å²) in [5.41, 5.74) is 3.30. The van der Waals surface area contributed by atoms with Crippen molar-refractivity contribution in [1.82, 2.24) is 24.8 Å². The van der Waals surface area contributed by atoms with Crippen LogP contribution in [0.15, 0.2) is 70.9 Å². The summed E-state index contributed by atoms with van der Waals surface area (Å²) in [6.45, 7) is 4.32. The Hall–Kier alpha value is -4.81. The molecule has 2 aromatic carbocycles. The van der Waals surface area contributed by atoms with Gasteiger partial charge in [-0.2, -0.15) is 0 Å². The average Bonchev–Trinajstić information content (AvgIpc) is 3.89. The maximum Gasteiger partial charge on any atom is 0.355 e. The van der Waals surface area contributed by atoms with Crippen LogP contribution in [-0.4, -0.2) is 67.5 Å². The van der Waals surface area contributed by atoms with Crippen LogP contribution in [0.1, 0.15) is 78.8 Å². The summed E-state index contributed by atoms with van der Waals surface area (Å²) in [4.78, 5) is 50.6. The van der Waals surface area contributed by atoms with Crippen LogP contribution in [0.4, 0.5) is 5.69 Å². The summed E-state index contributed by atoms with van der Waals surface area (Å²) >= 11 is 1.25. The molecule has 4 heterocycles. The summed E-state index contributed by atoms with van der Waals surface area (Å²) in [6, 6.07) is 15.0. The van der Waals surface area contributed by atoms with Crippen LogP contribution in [0.3, 0.4) is 0 Å². The fourth-order valence-corrected chi connectivity index (χ4v) is 7.74. The first-order chi connectivity index (χ1) is 23.3. The molecule has 5 aromatic rings. The first kappa shape index (κ1) is 31.8. The lowest BCUT2D eigenvalue weighted by molar-refractivity contribution is -0.124. The van der Waals surface area contributed by atoms with Crippen molar-refractivity contribution >= 4 is 45.8 Å². The Morgan fingerprint density at radius 1 is 1.00 bits per heavy atom. The molecule has 1 aliphatic carbocycles. The number of carbonyl (C=O) groups excluding carboxylic acids is 2. The predicted molar refractivity (Wildman–Crippen MR) is 184 cm³/mol. The summed E-state index contributed by atoms with van der Waals surface area (Å²) in [5, 5.41) is 17.5. The second-order valence-electron chi connectivity index (χ2n) is 12.7. The van der Waals surface area contributed by atoms with Crippen LogP contribution in [0.25, 0.3) is 33.0 Å². The maximum absolute atomic E-state index is 14.0. The molecular formula is C36H38N6O5S. The number of thiazole rings is 1. The molecule has 3 N–H and O–H groups in total. The monoisotopic (exact) mass is 666 g/mol. The number of aromatic nitrogens is 3. The molecule has 2 fully saturated rings. The van der Waals surface area contributed by atoms with Gasteiger partial charge in [0.25, 0.3) is 5.91 Å². The molecule has 48 heavy (non-hydrogen) atoms. The topological polar surface area (TPSA) is 143 Å². The number of hydrogen-bond donors (Lipinski definition) is 3. The molecule has 0 unspecified atom stereocenters. The number of aromatic carboxylic acids is 1. The van der Waals surface area contributed by atoms with Crippen molar-refractivity contribution in [2.75, 3.05) is 25.0 Å². The number of imidazole rings is 1. The zero-order chi connectivity index (χ0) is 33.3. The highest BCUT2D eigenvalue weighted by Gasteiger charge is 2.43. The van der Waals surface area contributed by atoms with Crippen LogP contribution >= 0.6 is 11.3 Å². The van der Waals surface area contributed by atoms with Gasteiger partial charge in [-0.05, 0) is 80.8 Å². The smallest absolute Gasteiger partial charge is 0.355 e. The van der Waals surface area contributed by atoms with E-state index in [2.05, 4.69) is 32.0 Å². The van der Waals surface area contributed by atoms with E-state index in [4.69, 9.17) is 9.40 Å². The minimum Gasteiger partial charge on any atom is -0.476 e. The Balaban J connectivity index is 1.14. The van der Waals surface area contributed by atoms with E-state index in [0.717, 1.165) is 47.4 Å². The molecular weight excluding hydrogens is 629 g/mol. The van der Waals surface area contributed by atoms with E-state index in [1.54, 1.807) is 36.8 Å². The van der Waals surface area contributed by atoms with Gasteiger partial charge < -0.3 is 29.6 Å². The van der Waals surface area contributed by atoms with Gasteiger partial charge in [-0.25, -0.2) is 14.8 Å². The van der Waals surface area contributed by atoms with Crippen molar-refractivity contribution in [1.29, 1.82) is 0 Å². The molecule has 2 amide bonds. The van der Waals surface area contributed by atoms with Crippen molar-refractivity contribution in [3.63, 3.8) is 0 Å². The highest BCUT2D eigenvalue weighted by atomic mass is 32.1. The molecule has 1 saturated heterocycles.